The zero-order chi connectivity index (χ0) is 33.3. The number of allylic oxidation sites excluding steroid dienone is 2. The third-order valence-corrected chi connectivity index (χ3v) is 8.61. The summed E-state index contributed by atoms with van der Waals surface area (Å²) in [5, 5.41) is 32.1. The fourth-order valence-electron chi connectivity index (χ4n) is 6.48. The van der Waals surface area contributed by atoms with E-state index in [4.69, 9.17) is 0 Å². The summed E-state index contributed by atoms with van der Waals surface area (Å²) in [6.45, 7) is 3.10. The van der Waals surface area contributed by atoms with Crippen LogP contribution in [0.5, 0.6) is 5.75 Å². The first-order chi connectivity index (χ1) is 21.1. The molecule has 0 unspecified atom stereocenters. The molecule has 2 amide bonds. The number of alkyl halides is 6. The van der Waals surface area contributed by atoms with Crippen molar-refractivity contribution in [3.05, 3.63) is 75.9 Å². The van der Waals surface area contributed by atoms with Crippen molar-refractivity contribution >= 4 is 23.6 Å². The average molecular weight is 640 g/mol. The number of hydrogen-bond donors (Lipinski definition) is 3. The highest BCUT2D eigenvalue weighted by atomic mass is 19.4. The van der Waals surface area contributed by atoms with Crippen molar-refractivity contribution in [2.75, 3.05) is 11.5 Å². The van der Waals surface area contributed by atoms with Gasteiger partial charge in [-0.15, -0.1) is 0 Å². The molecule has 1 fully saturated rings. The van der Waals surface area contributed by atoms with Gasteiger partial charge < -0.3 is 15.3 Å². The quantitative estimate of drug-likeness (QED) is 0.144. The van der Waals surface area contributed by atoms with E-state index >= 15 is 0 Å². The molecule has 12 heteroatoms. The van der Waals surface area contributed by atoms with E-state index in [1.807, 2.05) is 19.9 Å². The molecule has 3 N–H and O–H groups in total. The lowest BCUT2D eigenvalue weighted by Crippen LogP contribution is -2.39. The molecule has 0 bridgehead atoms. The first-order valence-corrected chi connectivity index (χ1v) is 14.8. The number of nitrogens with zero attached hydrogens (tertiary/aromatic N) is 1. The molecule has 2 aliphatic rings. The number of rotatable bonds is 10. The summed E-state index contributed by atoms with van der Waals surface area (Å²) in [5.74, 6) is -5.35. The number of aliphatic hydroxyl groups excluding tert-OH is 2. The molecule has 2 aromatic carbocycles. The van der Waals surface area contributed by atoms with E-state index in [1.54, 1.807) is 24.3 Å². The van der Waals surface area contributed by atoms with Gasteiger partial charge in [0, 0.05) is 11.5 Å². The van der Waals surface area contributed by atoms with Crippen LogP contribution in [0.1, 0.15) is 69.1 Å². The molecule has 6 nitrogen and oxygen atoms in total. The number of imide groups is 1. The van der Waals surface area contributed by atoms with Crippen molar-refractivity contribution in [1.29, 1.82) is 0 Å². The summed E-state index contributed by atoms with van der Waals surface area (Å²) in [4.78, 5) is 27.6. The fourth-order valence-corrected chi connectivity index (χ4v) is 6.48. The number of phenolic OH excluding ortho intramolecular Hbond substituents is 1. The van der Waals surface area contributed by atoms with Gasteiger partial charge in [-0.2, -0.15) is 26.3 Å². The molecule has 0 aromatic heterocycles. The monoisotopic (exact) mass is 639 g/mol. The number of phenols is 1. The second-order valence-corrected chi connectivity index (χ2v) is 11.5. The Kier molecular flexibility index (Phi) is 10.2. The Balaban J connectivity index is 1.68. The highest BCUT2D eigenvalue weighted by Gasteiger charge is 2.55. The minimum Gasteiger partial charge on any atom is -0.507 e. The number of carbonyl (C=O) groups excluding carboxylic acids is 2. The minimum absolute atomic E-state index is 0.0259. The van der Waals surface area contributed by atoms with Gasteiger partial charge >= 0.3 is 12.4 Å². The van der Waals surface area contributed by atoms with Gasteiger partial charge in [0.15, 0.2) is 0 Å². The number of amides is 2. The lowest BCUT2D eigenvalue weighted by Gasteiger charge is -2.36. The number of para-hydroxylation sites is 1. The Bertz CT molecular complexity index is 1460. The third kappa shape index (κ3) is 7.12. The molecule has 0 spiro atoms. The van der Waals surface area contributed by atoms with Gasteiger partial charge in [0.2, 0.25) is 11.8 Å². The Morgan fingerprint density at radius 1 is 1.00 bits per heavy atom. The Morgan fingerprint density at radius 3 is 2.16 bits per heavy atom. The average Bonchev–Trinajstić information content (AvgIpc) is 3.23. The summed E-state index contributed by atoms with van der Waals surface area (Å²) in [6, 6.07) is 7.35. The van der Waals surface area contributed by atoms with Crippen LogP contribution in [0.25, 0.3) is 6.08 Å². The number of aromatic hydroxyl groups is 1. The number of anilines is 1. The van der Waals surface area contributed by atoms with Crippen LogP contribution in [0.3, 0.4) is 0 Å². The van der Waals surface area contributed by atoms with Crippen molar-refractivity contribution in [3.8, 4) is 5.75 Å². The summed E-state index contributed by atoms with van der Waals surface area (Å²) >= 11 is 0. The van der Waals surface area contributed by atoms with E-state index in [2.05, 4.69) is 0 Å². The van der Waals surface area contributed by atoms with Crippen molar-refractivity contribution < 1.29 is 51.3 Å². The van der Waals surface area contributed by atoms with E-state index in [0.717, 1.165) is 5.57 Å². The summed E-state index contributed by atoms with van der Waals surface area (Å²) in [7, 11) is 0. The van der Waals surface area contributed by atoms with E-state index in [0.29, 0.717) is 59.4 Å². The van der Waals surface area contributed by atoms with Crippen LogP contribution < -0.4 is 4.90 Å². The number of hydrogen-bond acceptors (Lipinski definition) is 5. The number of fused-ring (bicyclic) bond motifs is 1. The maximum atomic E-state index is 13.7. The van der Waals surface area contributed by atoms with Gasteiger partial charge in [0.1, 0.15) is 5.75 Å². The normalized spacial score (nSPS) is 21.9. The van der Waals surface area contributed by atoms with Crippen molar-refractivity contribution in [2.45, 2.75) is 70.8 Å². The predicted molar refractivity (Wildman–Crippen MR) is 155 cm³/mol. The first-order valence-electron chi connectivity index (χ1n) is 14.8. The molecule has 0 radical (unpaired) electrons. The summed E-state index contributed by atoms with van der Waals surface area (Å²) in [5.41, 5.74) is -1.65. The van der Waals surface area contributed by atoms with Gasteiger partial charge in [0.25, 0.3) is 0 Å². The Labute approximate surface area is 256 Å². The van der Waals surface area contributed by atoms with Crippen LogP contribution in [0.2, 0.25) is 0 Å². The lowest BCUT2D eigenvalue weighted by atomic mass is 9.67. The molecular weight excluding hydrogens is 604 g/mol. The van der Waals surface area contributed by atoms with Crippen LogP contribution in [0.4, 0.5) is 32.0 Å². The third-order valence-electron chi connectivity index (χ3n) is 8.61. The topological polar surface area (TPSA) is 98.1 Å². The van der Waals surface area contributed by atoms with Crippen LogP contribution >= 0.6 is 0 Å². The maximum Gasteiger partial charge on any atom is 0.416 e. The highest BCUT2D eigenvalue weighted by Crippen LogP contribution is 2.49. The number of benzene rings is 2. The van der Waals surface area contributed by atoms with Gasteiger partial charge in [-0.05, 0) is 61.9 Å². The van der Waals surface area contributed by atoms with Gasteiger partial charge in [-0.1, -0.05) is 55.7 Å². The van der Waals surface area contributed by atoms with E-state index in [-0.39, 0.29) is 24.7 Å². The van der Waals surface area contributed by atoms with Crippen molar-refractivity contribution in [3.63, 3.8) is 0 Å². The molecule has 4 atom stereocenters. The molecule has 0 saturated carbocycles. The standard InChI is InChI=1S/C33H35F6NO5/c1-3-7-20-13-24-29(25(17-41)28(20)27(43)11-10-18(4-2)12-19-8-5-6-9-26(19)42)31(45)40(30(24)44)23-15-21(32(34,35)36)14-22(16-23)33(37,38)39/h5-6,8-9,12,14-16,24-25,27,29,41-43H,3-4,7,10-11,13,17H2,1-2H3/b18-12+/t24-,25+,27-,29-/m1/s1. The number of aliphatic hydroxyl groups is 2. The molecule has 244 valence electrons. The summed E-state index contributed by atoms with van der Waals surface area (Å²) < 4.78 is 81.4. The molecule has 4 rings (SSSR count). The summed E-state index contributed by atoms with van der Waals surface area (Å²) in [6.07, 6.45) is -7.55. The Morgan fingerprint density at radius 2 is 1.62 bits per heavy atom. The molecule has 1 aliphatic carbocycles. The van der Waals surface area contributed by atoms with Crippen LogP contribution in [-0.2, 0) is 21.9 Å². The Hall–Kier alpha value is -3.64. The van der Waals surface area contributed by atoms with Gasteiger partial charge in [-0.25, -0.2) is 4.90 Å². The largest absolute Gasteiger partial charge is 0.507 e. The maximum absolute atomic E-state index is 13.7. The predicted octanol–water partition coefficient (Wildman–Crippen LogP) is 7.28. The van der Waals surface area contributed by atoms with E-state index in [9.17, 15) is 51.3 Å². The van der Waals surface area contributed by atoms with Crippen molar-refractivity contribution in [1.82, 2.24) is 0 Å². The number of halogens is 6. The van der Waals surface area contributed by atoms with E-state index in [1.165, 1.54) is 0 Å². The second kappa shape index (κ2) is 13.4. The molecule has 1 heterocycles. The zero-order valence-electron chi connectivity index (χ0n) is 24.8. The highest BCUT2D eigenvalue weighted by molar-refractivity contribution is 6.22. The van der Waals surface area contributed by atoms with E-state index < -0.39 is 71.4 Å². The molecule has 2 aromatic rings. The van der Waals surface area contributed by atoms with Crippen LogP contribution in [-0.4, -0.2) is 39.8 Å². The molecular formula is C33H35F6NO5. The molecule has 1 saturated heterocycles. The zero-order valence-corrected chi connectivity index (χ0v) is 24.8. The van der Waals surface area contributed by atoms with Crippen LogP contribution in [0, 0.1) is 17.8 Å². The smallest absolute Gasteiger partial charge is 0.416 e. The fraction of sp³-hybridized carbons (Fsp3) is 0.455. The second-order valence-electron chi connectivity index (χ2n) is 11.5. The van der Waals surface area contributed by atoms with Crippen molar-refractivity contribution in [2.24, 2.45) is 17.8 Å². The molecule has 1 aliphatic heterocycles. The number of carbonyl (C=O) groups is 2. The first kappa shape index (κ1) is 34.2. The minimum atomic E-state index is -5.18. The van der Waals surface area contributed by atoms with Gasteiger partial charge in [-0.3, -0.25) is 9.59 Å². The SMILES string of the molecule is CCCC1=C([C@H](O)CC/C(=C/c2ccccc2O)CC)[C@H](CO)[C@@H]2C(=O)N(c3cc(C(F)(F)F)cc(C(F)(F)F)c3)C(=O)[C@@H]2C1. The van der Waals surface area contributed by atoms with Gasteiger partial charge in [0.05, 0.1) is 41.4 Å². The lowest BCUT2D eigenvalue weighted by molar-refractivity contribution is -0.143. The van der Waals surface area contributed by atoms with Crippen LogP contribution in [0.15, 0.2) is 59.2 Å². The molecule has 45 heavy (non-hydrogen) atoms.